The smallest absolute Gasteiger partial charge is 0.249 e. The van der Waals surface area contributed by atoms with E-state index in [-0.39, 0.29) is 0 Å². The van der Waals surface area contributed by atoms with Crippen molar-refractivity contribution in [2.45, 2.75) is 31.2 Å². The van der Waals surface area contributed by atoms with Gasteiger partial charge in [-0.1, -0.05) is 47.7 Å². The molecule has 0 aliphatic carbocycles. The lowest BCUT2D eigenvalue weighted by molar-refractivity contribution is -0.116. The number of thioether (sulfide) groups is 1. The molecule has 1 amide bonds. The van der Waals surface area contributed by atoms with Crippen molar-refractivity contribution in [3.05, 3.63) is 28.8 Å². The molecule has 0 fully saturated rings. The van der Waals surface area contributed by atoms with Crippen molar-refractivity contribution in [1.82, 2.24) is 10.2 Å². The van der Waals surface area contributed by atoms with Crippen LogP contribution >= 0.6 is 34.7 Å². The number of nitrogens with one attached hydrogen (secondary N) is 1. The van der Waals surface area contributed by atoms with Crippen molar-refractivity contribution in [2.24, 2.45) is 0 Å². The summed E-state index contributed by atoms with van der Waals surface area (Å²) in [6, 6.07) is 3.87. The van der Waals surface area contributed by atoms with Crippen molar-refractivity contribution in [3.8, 4) is 0 Å². The Labute approximate surface area is 166 Å². The SMILES string of the molecule is CCSc1nnc(NC(=O)[C@@H](C)N(c2ccc(C)c(Cl)c2)S(C)(=O)=O)s1. The van der Waals surface area contributed by atoms with Gasteiger partial charge in [-0.3, -0.25) is 14.4 Å². The zero-order valence-electron chi connectivity index (χ0n) is 14.7. The summed E-state index contributed by atoms with van der Waals surface area (Å²) in [5.41, 5.74) is 1.14. The van der Waals surface area contributed by atoms with Crippen molar-refractivity contribution in [2.75, 3.05) is 21.6 Å². The lowest BCUT2D eigenvalue weighted by atomic mass is 10.2. The molecule has 26 heavy (non-hydrogen) atoms. The first-order chi connectivity index (χ1) is 12.1. The summed E-state index contributed by atoms with van der Waals surface area (Å²) in [7, 11) is -3.71. The molecule has 0 aliphatic rings. The van der Waals surface area contributed by atoms with Gasteiger partial charge in [-0.2, -0.15) is 0 Å². The van der Waals surface area contributed by atoms with Crippen LogP contribution in [0.15, 0.2) is 22.5 Å². The van der Waals surface area contributed by atoms with E-state index in [1.807, 2.05) is 13.8 Å². The second kappa shape index (κ2) is 8.55. The number of hydrogen-bond acceptors (Lipinski definition) is 7. The summed E-state index contributed by atoms with van der Waals surface area (Å²) in [6.07, 6.45) is 1.05. The molecule has 2 rings (SSSR count). The van der Waals surface area contributed by atoms with Crippen molar-refractivity contribution < 1.29 is 13.2 Å². The van der Waals surface area contributed by atoms with Crippen molar-refractivity contribution in [1.29, 1.82) is 0 Å². The molecular weight excluding hydrogens is 416 g/mol. The molecule has 1 atom stereocenters. The first kappa shape index (κ1) is 20.9. The Bertz CT molecular complexity index is 901. The van der Waals surface area contributed by atoms with Crippen LogP contribution in [0.2, 0.25) is 5.02 Å². The Morgan fingerprint density at radius 2 is 2.12 bits per heavy atom. The standard InChI is InChI=1S/C15H19ClN4O3S3/c1-5-24-15-19-18-14(25-15)17-13(21)10(3)20(26(4,22)23)11-7-6-9(2)12(16)8-11/h6-8,10H,5H2,1-4H3,(H,17,18,21)/t10-/m1/s1. The number of aryl methyl sites for hydroxylation is 1. The van der Waals surface area contributed by atoms with Crippen LogP contribution in [0.3, 0.4) is 0 Å². The fraction of sp³-hybridized carbons (Fsp3) is 0.400. The van der Waals surface area contributed by atoms with Crippen molar-refractivity contribution >= 4 is 61.4 Å². The van der Waals surface area contributed by atoms with Crippen LogP contribution in [0.25, 0.3) is 0 Å². The molecule has 0 saturated carbocycles. The van der Waals surface area contributed by atoms with E-state index in [0.717, 1.165) is 26.2 Å². The molecule has 2 aromatic rings. The topological polar surface area (TPSA) is 92.3 Å². The number of rotatable bonds is 7. The molecule has 1 heterocycles. The quantitative estimate of drug-likeness (QED) is 0.530. The average Bonchev–Trinajstić information content (AvgIpc) is 2.97. The van der Waals surface area contributed by atoms with E-state index in [1.54, 1.807) is 12.1 Å². The third kappa shape index (κ3) is 5.09. The first-order valence-corrected chi connectivity index (χ1v) is 11.7. The van der Waals surface area contributed by atoms with Gasteiger partial charge in [0.2, 0.25) is 21.1 Å². The highest BCUT2D eigenvalue weighted by Crippen LogP contribution is 2.28. The van der Waals surface area contributed by atoms with Gasteiger partial charge in [0.25, 0.3) is 0 Å². The van der Waals surface area contributed by atoms with Crippen LogP contribution in [-0.2, 0) is 14.8 Å². The second-order valence-corrected chi connectivity index (χ2v) is 10.2. The number of benzene rings is 1. The van der Waals surface area contributed by atoms with Gasteiger partial charge in [0.15, 0.2) is 4.34 Å². The summed E-state index contributed by atoms with van der Waals surface area (Å²) in [6.45, 7) is 5.31. The molecule has 0 unspecified atom stereocenters. The molecule has 142 valence electrons. The molecule has 1 aromatic heterocycles. The van der Waals surface area contributed by atoms with Crippen LogP contribution in [-0.4, -0.2) is 42.6 Å². The first-order valence-electron chi connectivity index (χ1n) is 7.66. The molecule has 7 nitrogen and oxygen atoms in total. The van der Waals surface area contributed by atoms with E-state index in [4.69, 9.17) is 11.6 Å². The van der Waals surface area contributed by atoms with E-state index >= 15 is 0 Å². The maximum atomic E-state index is 12.6. The van der Waals surface area contributed by atoms with Crippen LogP contribution < -0.4 is 9.62 Å². The number of sulfonamides is 1. The predicted octanol–water partition coefficient (Wildman–Crippen LogP) is 3.41. The van der Waals surface area contributed by atoms with Crippen LogP contribution in [0.4, 0.5) is 10.8 Å². The average molecular weight is 435 g/mol. The number of amides is 1. The minimum atomic E-state index is -3.71. The van der Waals surface area contributed by atoms with Gasteiger partial charge < -0.3 is 0 Å². The second-order valence-electron chi connectivity index (χ2n) is 5.46. The molecule has 1 N–H and O–H groups in total. The number of nitrogens with zero attached hydrogens (tertiary/aromatic N) is 3. The molecule has 11 heteroatoms. The molecule has 0 aliphatic heterocycles. The van der Waals surface area contributed by atoms with Gasteiger partial charge in [-0.25, -0.2) is 8.42 Å². The fourth-order valence-corrected chi connectivity index (χ4v) is 5.17. The largest absolute Gasteiger partial charge is 0.299 e. The zero-order chi connectivity index (χ0) is 19.5. The lowest BCUT2D eigenvalue weighted by Gasteiger charge is -2.28. The zero-order valence-corrected chi connectivity index (χ0v) is 17.9. The number of hydrogen-bond donors (Lipinski definition) is 1. The van der Waals surface area contributed by atoms with E-state index < -0.39 is 22.0 Å². The van der Waals surface area contributed by atoms with Gasteiger partial charge >= 0.3 is 0 Å². The molecule has 0 saturated heterocycles. The van der Waals surface area contributed by atoms with Gasteiger partial charge in [-0.05, 0) is 37.3 Å². The van der Waals surface area contributed by atoms with Crippen LogP contribution in [0.5, 0.6) is 0 Å². The number of halogens is 1. The summed E-state index contributed by atoms with van der Waals surface area (Å²) < 4.78 is 26.4. The maximum absolute atomic E-state index is 12.6. The van der Waals surface area contributed by atoms with Crippen molar-refractivity contribution in [3.63, 3.8) is 0 Å². The lowest BCUT2D eigenvalue weighted by Crippen LogP contribution is -2.45. The molecule has 1 aromatic carbocycles. The molecular formula is C15H19ClN4O3S3. The fourth-order valence-electron chi connectivity index (χ4n) is 2.18. The van der Waals surface area contributed by atoms with Crippen LogP contribution in [0, 0.1) is 6.92 Å². The Morgan fingerprint density at radius 3 is 2.69 bits per heavy atom. The highest BCUT2D eigenvalue weighted by Gasteiger charge is 2.30. The van der Waals surface area contributed by atoms with E-state index in [9.17, 15) is 13.2 Å². The minimum absolute atomic E-state index is 0.324. The van der Waals surface area contributed by atoms with Gasteiger partial charge in [0.1, 0.15) is 6.04 Å². The molecule has 0 radical (unpaired) electrons. The normalized spacial score (nSPS) is 12.7. The van der Waals surface area contributed by atoms with Crippen LogP contribution in [0.1, 0.15) is 19.4 Å². The Hall–Kier alpha value is -1.36. The molecule has 0 spiro atoms. The highest BCUT2D eigenvalue weighted by molar-refractivity contribution is 8.01. The van der Waals surface area contributed by atoms with Gasteiger partial charge in [0, 0.05) is 5.02 Å². The van der Waals surface area contributed by atoms with Gasteiger partial charge in [0.05, 0.1) is 11.9 Å². The summed E-state index contributed by atoms with van der Waals surface area (Å²) in [5.74, 6) is 0.339. The third-order valence-corrected chi connectivity index (χ3v) is 6.91. The summed E-state index contributed by atoms with van der Waals surface area (Å²) in [4.78, 5) is 12.6. The number of aromatic nitrogens is 2. The Morgan fingerprint density at radius 1 is 1.42 bits per heavy atom. The predicted molar refractivity (Wildman–Crippen MR) is 108 cm³/mol. The minimum Gasteiger partial charge on any atom is -0.299 e. The summed E-state index contributed by atoms with van der Waals surface area (Å²) >= 11 is 8.87. The Kier molecular flexibility index (Phi) is 6.89. The number of carbonyl (C=O) groups is 1. The number of carbonyl (C=O) groups excluding carboxylic acids is 1. The highest BCUT2D eigenvalue weighted by atomic mass is 35.5. The Balaban J connectivity index is 2.26. The van der Waals surface area contributed by atoms with E-state index in [0.29, 0.717) is 15.8 Å². The summed E-state index contributed by atoms with van der Waals surface area (Å²) in [5, 5.41) is 11.2. The van der Waals surface area contributed by atoms with E-state index in [1.165, 1.54) is 36.1 Å². The third-order valence-electron chi connectivity index (χ3n) is 3.40. The monoisotopic (exact) mass is 434 g/mol. The van der Waals surface area contributed by atoms with Gasteiger partial charge in [-0.15, -0.1) is 10.2 Å². The molecule has 0 bridgehead atoms. The number of anilines is 2. The van der Waals surface area contributed by atoms with E-state index in [2.05, 4.69) is 15.5 Å². The maximum Gasteiger partial charge on any atom is 0.249 e.